The van der Waals surface area contributed by atoms with Gasteiger partial charge in [0.05, 0.1) is 27.7 Å². The van der Waals surface area contributed by atoms with E-state index in [1.54, 1.807) is 6.07 Å². The summed E-state index contributed by atoms with van der Waals surface area (Å²) in [6.07, 6.45) is 0. The number of amides is 1. The molecule has 0 aliphatic carbocycles. The zero-order valence-corrected chi connectivity index (χ0v) is 30.0. The van der Waals surface area contributed by atoms with Gasteiger partial charge >= 0.3 is 0 Å². The van der Waals surface area contributed by atoms with E-state index in [-0.39, 0.29) is 59.7 Å². The number of nitrogens with one attached hydrogen (secondary N) is 2. The average molecular weight is 802 g/mol. The van der Waals surface area contributed by atoms with Crippen LogP contribution in [-0.2, 0) is 19.6 Å². The molecule has 0 spiro atoms. The van der Waals surface area contributed by atoms with Crippen LogP contribution < -0.4 is 34.6 Å². The first-order chi connectivity index (χ1) is 19.1. The summed E-state index contributed by atoms with van der Waals surface area (Å²) in [4.78, 5) is 17.7. The fraction of sp³-hybridized carbons (Fsp3) is 0.424. The first-order valence-electron chi connectivity index (χ1n) is 14.3. The van der Waals surface area contributed by atoms with Gasteiger partial charge in [-0.1, -0.05) is 36.4 Å². The lowest BCUT2D eigenvalue weighted by molar-refractivity contribution is -0.869. The summed E-state index contributed by atoms with van der Waals surface area (Å²) in [6, 6.07) is 21.5. The van der Waals surface area contributed by atoms with Crippen molar-refractivity contribution >= 4 is 29.9 Å². The van der Waals surface area contributed by atoms with Gasteiger partial charge in [-0.2, -0.15) is 0 Å². The van der Waals surface area contributed by atoms with Gasteiger partial charge in [0.15, 0.2) is 0 Å². The number of hydrogen-bond donors (Lipinski definition) is 2. The van der Waals surface area contributed by atoms with E-state index >= 15 is 0 Å². The van der Waals surface area contributed by atoms with Crippen molar-refractivity contribution in [2.75, 3.05) is 60.9 Å². The van der Waals surface area contributed by atoms with Gasteiger partial charge in [-0.15, -0.1) is 24.0 Å². The van der Waals surface area contributed by atoms with Crippen molar-refractivity contribution in [1.82, 2.24) is 20.4 Å². The Hall–Kier alpha value is -1.64. The van der Waals surface area contributed by atoms with Crippen LogP contribution in [0.4, 0.5) is 4.39 Å². The molecule has 1 atom stereocenters. The summed E-state index contributed by atoms with van der Waals surface area (Å²) in [5.41, 5.74) is 5.19. The third-order valence-electron chi connectivity index (χ3n) is 7.38. The third-order valence-corrected chi connectivity index (χ3v) is 7.38. The molecule has 3 aromatic carbocycles. The minimum absolute atomic E-state index is 0. The number of benzene rings is 3. The Balaban J connectivity index is 0.00000308. The molecule has 0 bridgehead atoms. The number of carbonyl (C=O) groups is 1. The SMILES string of the molecule is C[C@H]1CN(Cc2cccc(-c3cc(CNC(=O)c4cccc(CN(C)CC[N+](C)(C)C)c4)ccc3F)c2)CCN1.I.[I-]. The van der Waals surface area contributed by atoms with Crippen LogP contribution in [0.1, 0.15) is 34.0 Å². The molecule has 0 aromatic heterocycles. The zero-order valence-electron chi connectivity index (χ0n) is 25.5. The number of halogens is 3. The van der Waals surface area contributed by atoms with E-state index in [9.17, 15) is 9.18 Å². The van der Waals surface area contributed by atoms with Crippen molar-refractivity contribution in [2.24, 2.45) is 0 Å². The predicted octanol–water partition coefficient (Wildman–Crippen LogP) is 1.98. The maximum Gasteiger partial charge on any atom is 0.251 e. The van der Waals surface area contributed by atoms with Gasteiger partial charge in [0.25, 0.3) is 5.91 Å². The van der Waals surface area contributed by atoms with Crippen LogP contribution in [0.5, 0.6) is 0 Å². The molecule has 4 rings (SSSR count). The predicted molar refractivity (Wildman–Crippen MR) is 177 cm³/mol. The molecule has 1 saturated heterocycles. The smallest absolute Gasteiger partial charge is 0.251 e. The molecule has 0 saturated carbocycles. The van der Waals surface area contributed by atoms with Crippen LogP contribution in [0.2, 0.25) is 0 Å². The van der Waals surface area contributed by atoms with Crippen LogP contribution in [0.15, 0.2) is 66.7 Å². The van der Waals surface area contributed by atoms with Gasteiger partial charge in [-0.3, -0.25) is 14.6 Å². The van der Waals surface area contributed by atoms with E-state index in [2.05, 4.69) is 73.7 Å². The molecule has 230 valence electrons. The van der Waals surface area contributed by atoms with Gasteiger partial charge in [-0.05, 0) is 66.6 Å². The van der Waals surface area contributed by atoms with Crippen molar-refractivity contribution in [3.8, 4) is 11.1 Å². The molecule has 1 aliphatic heterocycles. The standard InChI is InChI=1S/C33H44FN5O.2HI/c1-25-22-38(15-14-35-25)24-28-9-6-10-29(18-28)31-20-26(12-13-32(31)34)21-36-33(40)30-11-7-8-27(19-30)23-37(2)16-17-39(3,4)5;;/h6-13,18-20,25,35H,14-17,21-24H2,1-5H3;2*1H/t25-;;/m0../s1. The van der Waals surface area contributed by atoms with E-state index in [1.165, 1.54) is 11.6 Å². The summed E-state index contributed by atoms with van der Waals surface area (Å²) < 4.78 is 15.8. The number of hydrogen-bond acceptors (Lipinski definition) is 4. The Kier molecular flexibility index (Phi) is 14.8. The van der Waals surface area contributed by atoms with Gasteiger partial charge in [-0.25, -0.2) is 4.39 Å². The molecule has 2 N–H and O–H groups in total. The second-order valence-electron chi connectivity index (χ2n) is 12.2. The zero-order chi connectivity index (χ0) is 28.7. The quantitative estimate of drug-likeness (QED) is 0.231. The van der Waals surface area contributed by atoms with Crippen LogP contribution in [0, 0.1) is 5.82 Å². The van der Waals surface area contributed by atoms with Crippen LogP contribution in [-0.4, -0.2) is 87.1 Å². The molecule has 0 radical (unpaired) electrons. The maximum atomic E-state index is 14.9. The monoisotopic (exact) mass is 801 g/mol. The highest BCUT2D eigenvalue weighted by molar-refractivity contribution is 14.0. The number of rotatable bonds is 11. The van der Waals surface area contributed by atoms with Gasteiger partial charge in [0.1, 0.15) is 5.82 Å². The number of quaternary nitrogens is 1. The summed E-state index contributed by atoms with van der Waals surface area (Å²) in [5.74, 6) is -0.390. The second-order valence-corrected chi connectivity index (χ2v) is 12.2. The molecule has 1 fully saturated rings. The number of carbonyl (C=O) groups excluding carboxylic acids is 1. The molecule has 3 aromatic rings. The molecule has 9 heteroatoms. The molecular weight excluding hydrogens is 755 g/mol. The van der Waals surface area contributed by atoms with Crippen LogP contribution in [0.25, 0.3) is 11.1 Å². The minimum atomic E-state index is -0.259. The highest BCUT2D eigenvalue weighted by Gasteiger charge is 2.16. The molecule has 42 heavy (non-hydrogen) atoms. The molecule has 0 unspecified atom stereocenters. The first kappa shape index (κ1) is 36.6. The highest BCUT2D eigenvalue weighted by atomic mass is 127. The molecule has 1 heterocycles. The summed E-state index contributed by atoms with van der Waals surface area (Å²) in [6.45, 7) is 9.20. The average Bonchev–Trinajstić information content (AvgIpc) is 2.91. The van der Waals surface area contributed by atoms with Crippen LogP contribution in [0.3, 0.4) is 0 Å². The lowest BCUT2D eigenvalue weighted by Gasteiger charge is -2.31. The van der Waals surface area contributed by atoms with Gasteiger partial charge < -0.3 is 39.1 Å². The van der Waals surface area contributed by atoms with E-state index in [1.807, 2.05) is 36.4 Å². The fourth-order valence-electron chi connectivity index (χ4n) is 5.11. The molecule has 1 aliphatic rings. The molecule has 1 amide bonds. The third kappa shape index (κ3) is 11.5. The van der Waals surface area contributed by atoms with Crippen molar-refractivity contribution in [1.29, 1.82) is 0 Å². The topological polar surface area (TPSA) is 47.6 Å². The van der Waals surface area contributed by atoms with E-state index < -0.39 is 0 Å². The maximum absolute atomic E-state index is 14.9. The van der Waals surface area contributed by atoms with Gasteiger partial charge in [0.2, 0.25) is 0 Å². The summed E-state index contributed by atoms with van der Waals surface area (Å²) >= 11 is 0. The number of likely N-dealkylation sites (N-methyl/N-ethyl adjacent to an activating group) is 2. The summed E-state index contributed by atoms with van der Waals surface area (Å²) in [5, 5.41) is 6.49. The molecule has 6 nitrogen and oxygen atoms in total. The Morgan fingerprint density at radius 1 is 1.05 bits per heavy atom. The largest absolute Gasteiger partial charge is 1.00 e. The van der Waals surface area contributed by atoms with E-state index in [0.717, 1.165) is 67.0 Å². The molecular formula is C33H46FI2N5O. The van der Waals surface area contributed by atoms with Crippen molar-refractivity contribution in [2.45, 2.75) is 32.6 Å². The van der Waals surface area contributed by atoms with E-state index in [0.29, 0.717) is 23.7 Å². The Morgan fingerprint density at radius 3 is 2.52 bits per heavy atom. The Bertz CT molecular complexity index is 1300. The first-order valence-corrected chi connectivity index (χ1v) is 14.3. The lowest BCUT2D eigenvalue weighted by Crippen LogP contribution is -3.00. The van der Waals surface area contributed by atoms with E-state index in [4.69, 9.17) is 0 Å². The Labute approximate surface area is 285 Å². The highest BCUT2D eigenvalue weighted by Crippen LogP contribution is 2.26. The summed E-state index contributed by atoms with van der Waals surface area (Å²) in [7, 11) is 8.68. The lowest BCUT2D eigenvalue weighted by atomic mass is 10.00. The second kappa shape index (κ2) is 17.0. The fourth-order valence-corrected chi connectivity index (χ4v) is 5.11. The number of nitrogens with zero attached hydrogens (tertiary/aromatic N) is 3. The normalized spacial score (nSPS) is 15.5. The Morgan fingerprint density at radius 2 is 1.79 bits per heavy atom. The van der Waals surface area contributed by atoms with Crippen LogP contribution >= 0.6 is 24.0 Å². The minimum Gasteiger partial charge on any atom is -1.00 e. The van der Waals surface area contributed by atoms with Crippen molar-refractivity contribution in [3.63, 3.8) is 0 Å². The number of piperazine rings is 1. The van der Waals surface area contributed by atoms with Crippen molar-refractivity contribution < 1.29 is 37.6 Å². The van der Waals surface area contributed by atoms with Gasteiger partial charge in [0, 0.05) is 63.0 Å². The van der Waals surface area contributed by atoms with Crippen molar-refractivity contribution in [3.05, 3.63) is 94.8 Å².